The zero-order chi connectivity index (χ0) is 13.9. The molecule has 0 aliphatic carbocycles. The van der Waals surface area contributed by atoms with E-state index in [-0.39, 0.29) is 5.82 Å². The lowest BCUT2D eigenvalue weighted by atomic mass is 10.1. The maximum absolute atomic E-state index is 12.9. The lowest BCUT2D eigenvalue weighted by molar-refractivity contribution is 0.627. The zero-order valence-corrected chi connectivity index (χ0v) is 10.9. The van der Waals surface area contributed by atoms with Crippen LogP contribution in [0.1, 0.15) is 5.56 Å². The minimum absolute atomic E-state index is 0.219. The Labute approximate surface area is 117 Å². The summed E-state index contributed by atoms with van der Waals surface area (Å²) in [6.07, 6.45) is 0. The first-order valence-corrected chi connectivity index (χ1v) is 6.49. The Hall–Kier alpha value is -2.55. The van der Waals surface area contributed by atoms with Gasteiger partial charge in [0.15, 0.2) is 0 Å². The number of nitrogen functional groups attached to an aromatic ring is 1. The summed E-state index contributed by atoms with van der Waals surface area (Å²) in [4.78, 5) is 0. The minimum atomic E-state index is -0.219. The van der Waals surface area contributed by atoms with Gasteiger partial charge in [-0.2, -0.15) is 0 Å². The van der Waals surface area contributed by atoms with Gasteiger partial charge < -0.3 is 11.1 Å². The molecule has 0 aromatic heterocycles. The van der Waals surface area contributed by atoms with E-state index in [0.717, 1.165) is 27.7 Å². The third-order valence-electron chi connectivity index (χ3n) is 3.33. The van der Waals surface area contributed by atoms with Gasteiger partial charge in [-0.1, -0.05) is 36.4 Å². The number of hydrogen-bond donors (Lipinski definition) is 2. The predicted molar refractivity (Wildman–Crippen MR) is 82.1 cm³/mol. The summed E-state index contributed by atoms with van der Waals surface area (Å²) >= 11 is 0. The van der Waals surface area contributed by atoms with Crippen LogP contribution in [0.5, 0.6) is 0 Å². The SMILES string of the molecule is Nc1cccc2cccc(NCc3ccc(F)cc3)c12. The molecular weight excluding hydrogens is 251 g/mol. The highest BCUT2D eigenvalue weighted by Crippen LogP contribution is 2.28. The van der Waals surface area contributed by atoms with Crippen molar-refractivity contribution in [1.82, 2.24) is 0 Å². The third-order valence-corrected chi connectivity index (χ3v) is 3.33. The molecule has 0 spiro atoms. The normalized spacial score (nSPS) is 10.7. The van der Waals surface area contributed by atoms with Gasteiger partial charge in [0.2, 0.25) is 0 Å². The molecule has 3 N–H and O–H groups in total. The van der Waals surface area contributed by atoms with E-state index in [1.165, 1.54) is 12.1 Å². The predicted octanol–water partition coefficient (Wildman–Crippen LogP) is 4.17. The molecule has 3 aromatic carbocycles. The highest BCUT2D eigenvalue weighted by molar-refractivity contribution is 6.02. The van der Waals surface area contributed by atoms with Crippen LogP contribution >= 0.6 is 0 Å². The smallest absolute Gasteiger partial charge is 0.123 e. The van der Waals surface area contributed by atoms with Crippen LogP contribution in [0, 0.1) is 5.82 Å². The first kappa shape index (κ1) is 12.5. The summed E-state index contributed by atoms with van der Waals surface area (Å²) in [5.41, 5.74) is 8.83. The van der Waals surface area contributed by atoms with E-state index in [0.29, 0.717) is 6.54 Å². The molecule has 3 heteroatoms. The van der Waals surface area contributed by atoms with Gasteiger partial charge >= 0.3 is 0 Å². The molecule has 0 amide bonds. The molecular formula is C17H15FN2. The Morgan fingerprint density at radius 2 is 1.60 bits per heavy atom. The second kappa shape index (κ2) is 5.21. The second-order valence-corrected chi connectivity index (χ2v) is 4.73. The second-order valence-electron chi connectivity index (χ2n) is 4.73. The molecule has 20 heavy (non-hydrogen) atoms. The molecule has 0 saturated carbocycles. The molecule has 0 fully saturated rings. The van der Waals surface area contributed by atoms with Crippen molar-refractivity contribution in [2.75, 3.05) is 11.1 Å². The molecule has 100 valence electrons. The number of nitrogens with two attached hydrogens (primary N) is 1. The summed E-state index contributed by atoms with van der Waals surface area (Å²) in [5, 5.41) is 5.49. The quantitative estimate of drug-likeness (QED) is 0.698. The Morgan fingerprint density at radius 3 is 2.35 bits per heavy atom. The van der Waals surface area contributed by atoms with E-state index >= 15 is 0 Å². The lowest BCUT2D eigenvalue weighted by Crippen LogP contribution is -2.01. The Kier molecular flexibility index (Phi) is 3.25. The van der Waals surface area contributed by atoms with E-state index in [1.807, 2.05) is 36.4 Å². The van der Waals surface area contributed by atoms with Gasteiger partial charge in [-0.3, -0.25) is 0 Å². The van der Waals surface area contributed by atoms with Crippen molar-refractivity contribution in [3.63, 3.8) is 0 Å². The van der Waals surface area contributed by atoms with Gasteiger partial charge in [0, 0.05) is 23.3 Å². The molecule has 0 aliphatic rings. The average molecular weight is 266 g/mol. The molecule has 2 nitrogen and oxygen atoms in total. The fourth-order valence-corrected chi connectivity index (χ4v) is 2.32. The van der Waals surface area contributed by atoms with E-state index in [4.69, 9.17) is 5.73 Å². The highest BCUT2D eigenvalue weighted by atomic mass is 19.1. The molecule has 3 rings (SSSR count). The molecule has 0 unspecified atom stereocenters. The summed E-state index contributed by atoms with van der Waals surface area (Å²) < 4.78 is 12.9. The molecule has 3 aromatic rings. The number of rotatable bonds is 3. The van der Waals surface area contributed by atoms with Gasteiger partial charge in [0.1, 0.15) is 5.82 Å². The van der Waals surface area contributed by atoms with E-state index in [9.17, 15) is 4.39 Å². The van der Waals surface area contributed by atoms with Crippen LogP contribution in [-0.4, -0.2) is 0 Å². The number of nitrogens with one attached hydrogen (secondary N) is 1. The highest BCUT2D eigenvalue weighted by Gasteiger charge is 2.03. The molecule has 0 heterocycles. The fraction of sp³-hybridized carbons (Fsp3) is 0.0588. The van der Waals surface area contributed by atoms with Gasteiger partial charge in [0.05, 0.1) is 0 Å². The first-order valence-electron chi connectivity index (χ1n) is 6.49. The molecule has 0 saturated heterocycles. The summed E-state index contributed by atoms with van der Waals surface area (Å²) in [6.45, 7) is 0.633. The topological polar surface area (TPSA) is 38.0 Å². The van der Waals surface area contributed by atoms with Crippen molar-refractivity contribution < 1.29 is 4.39 Å². The molecule has 0 bridgehead atoms. The first-order chi connectivity index (χ1) is 9.74. The molecule has 0 radical (unpaired) electrons. The number of benzene rings is 3. The van der Waals surface area contributed by atoms with E-state index < -0.39 is 0 Å². The Morgan fingerprint density at radius 1 is 0.900 bits per heavy atom. The van der Waals surface area contributed by atoms with Crippen molar-refractivity contribution in [1.29, 1.82) is 0 Å². The van der Waals surface area contributed by atoms with Crippen molar-refractivity contribution in [3.05, 3.63) is 72.0 Å². The van der Waals surface area contributed by atoms with Gasteiger partial charge in [-0.05, 0) is 35.2 Å². The summed E-state index contributed by atoms with van der Waals surface area (Å²) in [7, 11) is 0. The van der Waals surface area contributed by atoms with Crippen LogP contribution in [-0.2, 0) is 6.54 Å². The fourth-order valence-electron chi connectivity index (χ4n) is 2.32. The largest absolute Gasteiger partial charge is 0.398 e. The van der Waals surface area contributed by atoms with Crippen molar-refractivity contribution in [3.8, 4) is 0 Å². The van der Waals surface area contributed by atoms with Crippen LogP contribution in [0.4, 0.5) is 15.8 Å². The van der Waals surface area contributed by atoms with E-state index in [1.54, 1.807) is 12.1 Å². The lowest BCUT2D eigenvalue weighted by Gasteiger charge is -2.11. The van der Waals surface area contributed by atoms with Gasteiger partial charge in [-0.25, -0.2) is 4.39 Å². The monoisotopic (exact) mass is 266 g/mol. The number of hydrogen-bond acceptors (Lipinski definition) is 2. The third kappa shape index (κ3) is 2.43. The van der Waals surface area contributed by atoms with Crippen LogP contribution in [0.15, 0.2) is 60.7 Å². The van der Waals surface area contributed by atoms with E-state index in [2.05, 4.69) is 5.32 Å². The van der Waals surface area contributed by atoms with Gasteiger partial charge in [0.25, 0.3) is 0 Å². The van der Waals surface area contributed by atoms with Crippen LogP contribution < -0.4 is 11.1 Å². The Balaban J connectivity index is 1.89. The molecule has 0 aliphatic heterocycles. The summed E-state index contributed by atoms with van der Waals surface area (Å²) in [6, 6.07) is 18.4. The Bertz CT molecular complexity index is 730. The standard InChI is InChI=1S/C17H15FN2/c18-14-9-7-12(8-10-14)11-20-16-6-2-4-13-3-1-5-15(19)17(13)16/h1-10,20H,11,19H2. The van der Waals surface area contributed by atoms with Gasteiger partial charge in [-0.15, -0.1) is 0 Å². The molecule has 0 atom stereocenters. The number of fused-ring (bicyclic) bond motifs is 1. The maximum Gasteiger partial charge on any atom is 0.123 e. The van der Waals surface area contributed by atoms with Crippen LogP contribution in [0.3, 0.4) is 0 Å². The number of anilines is 2. The average Bonchev–Trinajstić information content (AvgIpc) is 2.47. The zero-order valence-electron chi connectivity index (χ0n) is 10.9. The minimum Gasteiger partial charge on any atom is -0.398 e. The van der Waals surface area contributed by atoms with Crippen molar-refractivity contribution in [2.45, 2.75) is 6.54 Å². The number of halogens is 1. The van der Waals surface area contributed by atoms with Crippen LogP contribution in [0.2, 0.25) is 0 Å². The summed E-state index contributed by atoms with van der Waals surface area (Å²) in [5.74, 6) is -0.219. The maximum atomic E-state index is 12.9. The van der Waals surface area contributed by atoms with Crippen LogP contribution in [0.25, 0.3) is 10.8 Å². The van der Waals surface area contributed by atoms with Crippen molar-refractivity contribution >= 4 is 22.1 Å². The van der Waals surface area contributed by atoms with Crippen molar-refractivity contribution in [2.24, 2.45) is 0 Å².